The monoisotopic (exact) mass is 318 g/mol. The molecule has 2 N–H and O–H groups in total. The fourth-order valence-electron chi connectivity index (χ4n) is 2.17. The highest BCUT2D eigenvalue weighted by molar-refractivity contribution is 7.16. The van der Waals surface area contributed by atoms with Crippen LogP contribution in [0.3, 0.4) is 0 Å². The van der Waals surface area contributed by atoms with E-state index < -0.39 is 5.97 Å². The number of carbonyl (C=O) groups excluding carboxylic acids is 1. The van der Waals surface area contributed by atoms with Crippen LogP contribution in [0.2, 0.25) is 0 Å². The number of benzene rings is 1. The van der Waals surface area contributed by atoms with Crippen LogP contribution < -0.4 is 5.32 Å². The van der Waals surface area contributed by atoms with Gasteiger partial charge in [-0.2, -0.15) is 0 Å². The van der Waals surface area contributed by atoms with E-state index in [-0.39, 0.29) is 24.7 Å². The fraction of sp³-hybridized carbons (Fsp3) is 0.312. The highest BCUT2D eigenvalue weighted by Crippen LogP contribution is 2.30. The van der Waals surface area contributed by atoms with Gasteiger partial charge in [0.15, 0.2) is 5.13 Å². The maximum Gasteiger partial charge on any atom is 0.303 e. The van der Waals surface area contributed by atoms with Crippen LogP contribution >= 0.6 is 11.3 Å². The van der Waals surface area contributed by atoms with Crippen LogP contribution in [0.1, 0.15) is 24.6 Å². The Morgan fingerprint density at radius 1 is 1.27 bits per heavy atom. The van der Waals surface area contributed by atoms with Gasteiger partial charge in [0.1, 0.15) is 0 Å². The molecule has 1 amide bonds. The molecule has 0 radical (unpaired) electrons. The van der Waals surface area contributed by atoms with Crippen LogP contribution in [0.25, 0.3) is 11.3 Å². The Morgan fingerprint density at radius 3 is 2.59 bits per heavy atom. The van der Waals surface area contributed by atoms with Crippen molar-refractivity contribution in [3.8, 4) is 11.3 Å². The van der Waals surface area contributed by atoms with Crippen molar-refractivity contribution in [1.82, 2.24) is 4.98 Å². The molecule has 1 atom stereocenters. The minimum Gasteiger partial charge on any atom is -0.481 e. The van der Waals surface area contributed by atoms with Gasteiger partial charge >= 0.3 is 5.97 Å². The number of amides is 1. The number of carbonyl (C=O) groups is 2. The molecular weight excluding hydrogens is 300 g/mol. The molecule has 5 nitrogen and oxygen atoms in total. The number of hydrogen-bond donors (Lipinski definition) is 2. The number of rotatable bonds is 6. The van der Waals surface area contributed by atoms with Crippen molar-refractivity contribution >= 4 is 28.3 Å². The van der Waals surface area contributed by atoms with Gasteiger partial charge in [0, 0.05) is 23.3 Å². The SMILES string of the molecule is Cc1sc(NC(=O)C[C@H](C)CC(=O)O)nc1-c1ccccc1. The van der Waals surface area contributed by atoms with Gasteiger partial charge in [-0.3, -0.25) is 9.59 Å². The zero-order valence-corrected chi connectivity index (χ0v) is 13.3. The van der Waals surface area contributed by atoms with Crippen molar-refractivity contribution < 1.29 is 14.7 Å². The first-order valence-corrected chi connectivity index (χ1v) is 7.82. The summed E-state index contributed by atoms with van der Waals surface area (Å²) in [5, 5.41) is 12.0. The molecule has 0 aliphatic carbocycles. The molecule has 1 aromatic carbocycles. The largest absolute Gasteiger partial charge is 0.481 e. The summed E-state index contributed by atoms with van der Waals surface area (Å²) in [7, 11) is 0. The van der Waals surface area contributed by atoms with Crippen molar-refractivity contribution in [2.24, 2.45) is 5.92 Å². The Hall–Kier alpha value is -2.21. The summed E-state index contributed by atoms with van der Waals surface area (Å²) in [5.41, 5.74) is 1.87. The molecule has 0 fully saturated rings. The second-order valence-electron chi connectivity index (χ2n) is 5.25. The van der Waals surface area contributed by atoms with Gasteiger partial charge in [0.25, 0.3) is 0 Å². The molecule has 0 spiro atoms. The van der Waals surface area contributed by atoms with E-state index in [1.807, 2.05) is 37.3 Å². The third-order valence-corrected chi connectivity index (χ3v) is 4.03. The summed E-state index contributed by atoms with van der Waals surface area (Å²) in [6, 6.07) is 9.78. The molecule has 0 bridgehead atoms. The van der Waals surface area contributed by atoms with Gasteiger partial charge in [-0.15, -0.1) is 11.3 Å². The van der Waals surface area contributed by atoms with Gasteiger partial charge in [0.2, 0.25) is 5.91 Å². The lowest BCUT2D eigenvalue weighted by Crippen LogP contribution is -2.16. The molecule has 1 heterocycles. The first-order valence-electron chi connectivity index (χ1n) is 7.00. The number of aromatic nitrogens is 1. The summed E-state index contributed by atoms with van der Waals surface area (Å²) < 4.78 is 0. The number of anilines is 1. The second kappa shape index (κ2) is 7.17. The summed E-state index contributed by atoms with van der Waals surface area (Å²) >= 11 is 1.42. The van der Waals surface area contributed by atoms with Gasteiger partial charge in [-0.1, -0.05) is 37.3 Å². The average Bonchev–Trinajstić information content (AvgIpc) is 2.79. The van der Waals surface area contributed by atoms with Crippen LogP contribution in [-0.4, -0.2) is 22.0 Å². The number of nitrogens with zero attached hydrogens (tertiary/aromatic N) is 1. The standard InChI is InChI=1S/C16H18N2O3S/c1-10(9-14(20)21)8-13(19)17-16-18-15(11(2)22-16)12-6-4-3-5-7-12/h3-7,10H,8-9H2,1-2H3,(H,20,21)(H,17,18,19)/t10-/m0/s1. The molecule has 0 aliphatic rings. The maximum atomic E-state index is 11.9. The zero-order chi connectivity index (χ0) is 16.1. The van der Waals surface area contributed by atoms with Crippen LogP contribution in [0.5, 0.6) is 0 Å². The zero-order valence-electron chi connectivity index (χ0n) is 12.5. The quantitative estimate of drug-likeness (QED) is 0.853. The third-order valence-electron chi connectivity index (χ3n) is 3.15. The van der Waals surface area contributed by atoms with E-state index in [0.29, 0.717) is 5.13 Å². The Morgan fingerprint density at radius 2 is 1.95 bits per heavy atom. The van der Waals surface area contributed by atoms with E-state index >= 15 is 0 Å². The average molecular weight is 318 g/mol. The fourth-order valence-corrected chi connectivity index (χ4v) is 3.02. The molecule has 1 aromatic heterocycles. The Kier molecular flexibility index (Phi) is 5.27. The van der Waals surface area contributed by atoms with Gasteiger partial charge in [-0.25, -0.2) is 4.98 Å². The van der Waals surface area contributed by atoms with Crippen molar-refractivity contribution in [2.75, 3.05) is 5.32 Å². The first-order chi connectivity index (χ1) is 10.5. The summed E-state index contributed by atoms with van der Waals surface area (Å²) in [6.07, 6.45) is 0.158. The summed E-state index contributed by atoms with van der Waals surface area (Å²) in [4.78, 5) is 28.0. The van der Waals surface area contributed by atoms with E-state index in [1.54, 1.807) is 6.92 Å². The number of aliphatic carboxylic acids is 1. The Balaban J connectivity index is 2.02. The lowest BCUT2D eigenvalue weighted by atomic mass is 10.0. The Labute approximate surface area is 133 Å². The summed E-state index contributed by atoms with van der Waals surface area (Å²) in [6.45, 7) is 3.71. The third kappa shape index (κ3) is 4.39. The highest BCUT2D eigenvalue weighted by atomic mass is 32.1. The molecule has 0 aliphatic heterocycles. The highest BCUT2D eigenvalue weighted by Gasteiger charge is 2.15. The lowest BCUT2D eigenvalue weighted by molar-refractivity contribution is -0.138. The number of carboxylic acid groups (broad SMARTS) is 1. The molecular formula is C16H18N2O3S. The number of nitrogens with one attached hydrogen (secondary N) is 1. The second-order valence-corrected chi connectivity index (χ2v) is 6.45. The Bertz CT molecular complexity index is 667. The molecule has 116 valence electrons. The van der Waals surface area contributed by atoms with Crippen molar-refractivity contribution in [3.05, 3.63) is 35.2 Å². The van der Waals surface area contributed by atoms with E-state index in [9.17, 15) is 9.59 Å². The normalized spacial score (nSPS) is 11.9. The molecule has 6 heteroatoms. The predicted molar refractivity (Wildman–Crippen MR) is 87.0 cm³/mol. The van der Waals surface area contributed by atoms with Gasteiger partial charge in [-0.05, 0) is 12.8 Å². The number of carboxylic acids is 1. The molecule has 0 unspecified atom stereocenters. The molecule has 0 saturated heterocycles. The number of thiazole rings is 1. The number of hydrogen-bond acceptors (Lipinski definition) is 4. The van der Waals surface area contributed by atoms with Crippen LogP contribution in [0.4, 0.5) is 5.13 Å². The predicted octanol–water partition coefficient (Wildman–Crippen LogP) is 3.56. The van der Waals surface area contributed by atoms with Gasteiger partial charge < -0.3 is 10.4 Å². The van der Waals surface area contributed by atoms with Crippen LogP contribution in [-0.2, 0) is 9.59 Å². The number of aryl methyl sites for hydroxylation is 1. The molecule has 2 aromatic rings. The molecule has 2 rings (SSSR count). The van der Waals surface area contributed by atoms with E-state index in [2.05, 4.69) is 10.3 Å². The minimum absolute atomic E-state index is 0.0143. The molecule has 0 saturated carbocycles. The lowest BCUT2D eigenvalue weighted by Gasteiger charge is -2.07. The van der Waals surface area contributed by atoms with Crippen molar-refractivity contribution in [2.45, 2.75) is 26.7 Å². The van der Waals surface area contributed by atoms with E-state index in [1.165, 1.54) is 11.3 Å². The smallest absolute Gasteiger partial charge is 0.303 e. The van der Waals surface area contributed by atoms with Crippen LogP contribution in [0, 0.1) is 12.8 Å². The first kappa shape index (κ1) is 16.2. The van der Waals surface area contributed by atoms with Gasteiger partial charge in [0.05, 0.1) is 5.69 Å². The summed E-state index contributed by atoms with van der Waals surface area (Å²) in [5.74, 6) is -1.30. The molecule has 22 heavy (non-hydrogen) atoms. The maximum absolute atomic E-state index is 11.9. The van der Waals surface area contributed by atoms with Crippen molar-refractivity contribution in [3.63, 3.8) is 0 Å². The topological polar surface area (TPSA) is 79.3 Å². The minimum atomic E-state index is -0.892. The van der Waals surface area contributed by atoms with E-state index in [4.69, 9.17) is 5.11 Å². The van der Waals surface area contributed by atoms with Crippen LogP contribution in [0.15, 0.2) is 30.3 Å². The van der Waals surface area contributed by atoms with E-state index in [0.717, 1.165) is 16.1 Å². The van der Waals surface area contributed by atoms with Crippen molar-refractivity contribution in [1.29, 1.82) is 0 Å².